The van der Waals surface area contributed by atoms with Crippen molar-refractivity contribution in [3.63, 3.8) is 0 Å². The van der Waals surface area contributed by atoms with Gasteiger partial charge in [0, 0.05) is 0 Å². The molecule has 2 aliphatic rings. The van der Waals surface area contributed by atoms with Gasteiger partial charge in [-0.25, -0.2) is 0 Å². The minimum Gasteiger partial charge on any atom is -0.316 e. The Morgan fingerprint density at radius 1 is 1.38 bits per heavy atom. The standard InChI is InChI=1S/C7H13N/c1-2-5-6-3-8-4-7(5)6/h5-8H,2-4H2,1H3/t5?,6-,7?/m0/s1. The van der Waals surface area contributed by atoms with E-state index in [1.165, 1.54) is 19.5 Å². The molecule has 0 spiro atoms. The lowest BCUT2D eigenvalue weighted by Gasteiger charge is -1.97. The van der Waals surface area contributed by atoms with Crippen LogP contribution in [-0.2, 0) is 0 Å². The van der Waals surface area contributed by atoms with Gasteiger partial charge >= 0.3 is 0 Å². The predicted octanol–water partition coefficient (Wildman–Crippen LogP) is 0.862. The van der Waals surface area contributed by atoms with Crippen LogP contribution in [0.25, 0.3) is 0 Å². The third-order valence-corrected chi connectivity index (χ3v) is 2.74. The summed E-state index contributed by atoms with van der Waals surface area (Å²) in [6, 6.07) is 0. The van der Waals surface area contributed by atoms with Crippen molar-refractivity contribution in [1.82, 2.24) is 5.32 Å². The molecular formula is C7H13N. The Kier molecular flexibility index (Phi) is 0.884. The zero-order chi connectivity index (χ0) is 5.56. The second kappa shape index (κ2) is 1.47. The van der Waals surface area contributed by atoms with E-state index >= 15 is 0 Å². The van der Waals surface area contributed by atoms with Gasteiger partial charge < -0.3 is 5.32 Å². The zero-order valence-electron chi connectivity index (χ0n) is 5.35. The molecule has 0 bridgehead atoms. The molecule has 0 radical (unpaired) electrons. The Labute approximate surface area is 50.5 Å². The fourth-order valence-electron chi connectivity index (χ4n) is 2.15. The van der Waals surface area contributed by atoms with Gasteiger partial charge in [-0.15, -0.1) is 0 Å². The van der Waals surface area contributed by atoms with Gasteiger partial charge in [0.1, 0.15) is 0 Å². The van der Waals surface area contributed by atoms with Crippen LogP contribution < -0.4 is 5.32 Å². The van der Waals surface area contributed by atoms with Gasteiger partial charge in [0.05, 0.1) is 0 Å². The largest absolute Gasteiger partial charge is 0.316 e. The van der Waals surface area contributed by atoms with E-state index in [4.69, 9.17) is 0 Å². The monoisotopic (exact) mass is 111 g/mol. The Morgan fingerprint density at radius 3 is 2.38 bits per heavy atom. The highest BCUT2D eigenvalue weighted by Gasteiger charge is 2.50. The van der Waals surface area contributed by atoms with Crippen molar-refractivity contribution >= 4 is 0 Å². The Bertz CT molecular complexity index is 83.8. The van der Waals surface area contributed by atoms with Gasteiger partial charge in [-0.1, -0.05) is 13.3 Å². The van der Waals surface area contributed by atoms with Gasteiger partial charge in [0.25, 0.3) is 0 Å². The molecule has 1 heterocycles. The molecule has 0 aromatic carbocycles. The van der Waals surface area contributed by atoms with E-state index in [0.29, 0.717) is 0 Å². The highest BCUT2D eigenvalue weighted by Crippen LogP contribution is 2.50. The first-order valence-electron chi connectivity index (χ1n) is 3.64. The molecule has 1 heteroatoms. The molecule has 2 unspecified atom stereocenters. The molecule has 1 aliphatic carbocycles. The van der Waals surface area contributed by atoms with Crippen molar-refractivity contribution in [3.8, 4) is 0 Å². The van der Waals surface area contributed by atoms with Crippen LogP contribution in [0.1, 0.15) is 13.3 Å². The highest BCUT2D eigenvalue weighted by atomic mass is 15.0. The molecule has 0 aromatic rings. The molecule has 3 atom stereocenters. The molecule has 1 aliphatic heterocycles. The normalized spacial score (nSPS) is 51.4. The summed E-state index contributed by atoms with van der Waals surface area (Å²) in [5, 5.41) is 3.39. The minimum absolute atomic E-state index is 1.08. The van der Waals surface area contributed by atoms with Crippen LogP contribution in [0.3, 0.4) is 0 Å². The Hall–Kier alpha value is -0.0400. The predicted molar refractivity (Wildman–Crippen MR) is 33.6 cm³/mol. The zero-order valence-corrected chi connectivity index (χ0v) is 5.35. The first-order chi connectivity index (χ1) is 3.93. The van der Waals surface area contributed by atoms with Crippen molar-refractivity contribution in [2.24, 2.45) is 17.8 Å². The maximum atomic E-state index is 3.39. The molecule has 1 saturated heterocycles. The summed E-state index contributed by atoms with van der Waals surface area (Å²) in [6.07, 6.45) is 1.41. The van der Waals surface area contributed by atoms with Crippen LogP contribution in [0, 0.1) is 17.8 Å². The SMILES string of the molecule is CCC1C2CNC[C@@H]12. The molecule has 46 valence electrons. The highest BCUT2D eigenvalue weighted by molar-refractivity contribution is 5.02. The summed E-state index contributed by atoms with van der Waals surface area (Å²) in [4.78, 5) is 0. The molecule has 0 amide bonds. The van der Waals surface area contributed by atoms with E-state index in [9.17, 15) is 0 Å². The molecule has 2 fully saturated rings. The lowest BCUT2D eigenvalue weighted by Crippen LogP contribution is -2.14. The lowest BCUT2D eigenvalue weighted by atomic mass is 10.2. The second-order valence-corrected chi connectivity index (χ2v) is 3.06. The molecular weight excluding hydrogens is 98.1 g/mol. The number of hydrogen-bond acceptors (Lipinski definition) is 1. The number of fused-ring (bicyclic) bond motifs is 1. The summed E-state index contributed by atoms with van der Waals surface area (Å²) >= 11 is 0. The van der Waals surface area contributed by atoms with Crippen LogP contribution in [0.5, 0.6) is 0 Å². The molecule has 1 N–H and O–H groups in total. The average Bonchev–Trinajstić information content (AvgIpc) is 2.22. The van der Waals surface area contributed by atoms with Crippen molar-refractivity contribution in [2.45, 2.75) is 13.3 Å². The average molecular weight is 111 g/mol. The van der Waals surface area contributed by atoms with E-state index < -0.39 is 0 Å². The van der Waals surface area contributed by atoms with E-state index in [1.54, 1.807) is 0 Å². The number of nitrogens with one attached hydrogen (secondary N) is 1. The van der Waals surface area contributed by atoms with Crippen molar-refractivity contribution in [3.05, 3.63) is 0 Å². The first-order valence-corrected chi connectivity index (χ1v) is 3.64. The van der Waals surface area contributed by atoms with Gasteiger partial charge in [0.15, 0.2) is 0 Å². The smallest absolute Gasteiger partial charge is 0.00144 e. The summed E-state index contributed by atoms with van der Waals surface area (Å²) in [5.74, 6) is 3.27. The van der Waals surface area contributed by atoms with Crippen molar-refractivity contribution < 1.29 is 0 Å². The van der Waals surface area contributed by atoms with Gasteiger partial charge in [0.2, 0.25) is 0 Å². The van der Waals surface area contributed by atoms with E-state index in [-0.39, 0.29) is 0 Å². The first kappa shape index (κ1) is 4.80. The maximum Gasteiger partial charge on any atom is -0.00144 e. The van der Waals surface area contributed by atoms with Crippen LogP contribution in [0.4, 0.5) is 0 Å². The van der Waals surface area contributed by atoms with Gasteiger partial charge in [-0.2, -0.15) is 0 Å². The van der Waals surface area contributed by atoms with Crippen LogP contribution in [-0.4, -0.2) is 13.1 Å². The second-order valence-electron chi connectivity index (χ2n) is 3.06. The van der Waals surface area contributed by atoms with Crippen LogP contribution in [0.15, 0.2) is 0 Å². The fraction of sp³-hybridized carbons (Fsp3) is 1.00. The van der Waals surface area contributed by atoms with Gasteiger partial charge in [-0.05, 0) is 30.8 Å². The van der Waals surface area contributed by atoms with Crippen LogP contribution in [0.2, 0.25) is 0 Å². The molecule has 1 nitrogen and oxygen atoms in total. The topological polar surface area (TPSA) is 12.0 Å². The van der Waals surface area contributed by atoms with E-state index in [2.05, 4.69) is 12.2 Å². The number of rotatable bonds is 1. The van der Waals surface area contributed by atoms with E-state index in [0.717, 1.165) is 17.8 Å². The summed E-state index contributed by atoms with van der Waals surface area (Å²) in [7, 11) is 0. The van der Waals surface area contributed by atoms with Crippen LogP contribution >= 0.6 is 0 Å². The fourth-order valence-corrected chi connectivity index (χ4v) is 2.15. The summed E-state index contributed by atoms with van der Waals surface area (Å²) in [6.45, 7) is 4.93. The Morgan fingerprint density at radius 2 is 2.00 bits per heavy atom. The minimum atomic E-state index is 1.08. The van der Waals surface area contributed by atoms with Crippen molar-refractivity contribution in [1.29, 1.82) is 0 Å². The van der Waals surface area contributed by atoms with Gasteiger partial charge in [-0.3, -0.25) is 0 Å². The number of piperidine rings is 1. The molecule has 2 rings (SSSR count). The molecule has 8 heavy (non-hydrogen) atoms. The van der Waals surface area contributed by atoms with Crippen molar-refractivity contribution in [2.75, 3.05) is 13.1 Å². The summed E-state index contributed by atoms with van der Waals surface area (Å²) < 4.78 is 0. The quantitative estimate of drug-likeness (QED) is 0.529. The molecule has 1 saturated carbocycles. The third-order valence-electron chi connectivity index (χ3n) is 2.74. The lowest BCUT2D eigenvalue weighted by molar-refractivity contribution is 0.582. The maximum absolute atomic E-state index is 3.39. The molecule has 0 aromatic heterocycles. The Balaban J connectivity index is 1.94. The summed E-state index contributed by atoms with van der Waals surface area (Å²) in [5.41, 5.74) is 0. The number of hydrogen-bond donors (Lipinski definition) is 1. The third kappa shape index (κ3) is 0.455. The van der Waals surface area contributed by atoms with E-state index in [1.807, 2.05) is 0 Å².